The van der Waals surface area contributed by atoms with Crippen molar-refractivity contribution in [3.63, 3.8) is 0 Å². The number of nitrogens with zero attached hydrogens (tertiary/aromatic N) is 1. The zero-order valence-electron chi connectivity index (χ0n) is 15.3. The van der Waals surface area contributed by atoms with E-state index in [4.69, 9.17) is 4.74 Å². The Hall–Kier alpha value is -2.96. The van der Waals surface area contributed by atoms with Crippen LogP contribution in [0.15, 0.2) is 42.5 Å². The Kier molecular flexibility index (Phi) is 5.39. The Balaban J connectivity index is 1.61. The molecule has 0 bridgehead atoms. The maximum atomic E-state index is 12.5. The minimum Gasteiger partial charge on any atom is -0.451 e. The number of likely N-dealkylation sites (tertiary alicyclic amines) is 1. The fourth-order valence-electron chi connectivity index (χ4n) is 3.40. The average Bonchev–Trinajstić information content (AvgIpc) is 2.93. The van der Waals surface area contributed by atoms with Gasteiger partial charge in [-0.3, -0.25) is 19.3 Å². The van der Waals surface area contributed by atoms with E-state index in [0.717, 1.165) is 4.90 Å². The predicted octanol–water partition coefficient (Wildman–Crippen LogP) is 1.90. The van der Waals surface area contributed by atoms with Crippen LogP contribution in [0.3, 0.4) is 0 Å². The summed E-state index contributed by atoms with van der Waals surface area (Å²) in [6.45, 7) is 2.89. The number of imide groups is 1. The zero-order valence-corrected chi connectivity index (χ0v) is 15.3. The molecule has 3 rings (SSSR count). The van der Waals surface area contributed by atoms with Crippen LogP contribution in [0.5, 0.6) is 0 Å². The van der Waals surface area contributed by atoms with Crippen molar-refractivity contribution < 1.29 is 23.9 Å². The molecule has 1 heterocycles. The Morgan fingerprint density at radius 3 is 2.15 bits per heavy atom. The number of anilines is 1. The number of benzene rings is 1. The first-order chi connectivity index (χ1) is 12.9. The molecular formula is C20H22N2O5. The number of hydrogen-bond donors (Lipinski definition) is 1. The van der Waals surface area contributed by atoms with Gasteiger partial charge in [0.1, 0.15) is 6.04 Å². The van der Waals surface area contributed by atoms with Gasteiger partial charge in [-0.15, -0.1) is 0 Å². The molecule has 3 amide bonds. The fraction of sp³-hybridized carbons (Fsp3) is 0.400. The number of rotatable bonds is 5. The van der Waals surface area contributed by atoms with Gasteiger partial charge in [-0.25, -0.2) is 4.79 Å². The van der Waals surface area contributed by atoms with E-state index in [1.54, 1.807) is 24.3 Å². The Morgan fingerprint density at radius 1 is 1.04 bits per heavy atom. The topological polar surface area (TPSA) is 92.8 Å². The Labute approximate surface area is 157 Å². The number of ether oxygens (including phenoxy) is 1. The summed E-state index contributed by atoms with van der Waals surface area (Å²) in [4.78, 5) is 50.7. The summed E-state index contributed by atoms with van der Waals surface area (Å²) in [5, 5.41) is 2.64. The molecule has 27 heavy (non-hydrogen) atoms. The summed E-state index contributed by atoms with van der Waals surface area (Å²) in [5.74, 6) is -2.77. The lowest BCUT2D eigenvalue weighted by molar-refractivity contribution is -0.163. The predicted molar refractivity (Wildman–Crippen MR) is 97.3 cm³/mol. The molecule has 0 aromatic heterocycles. The summed E-state index contributed by atoms with van der Waals surface area (Å²) in [7, 11) is 0. The fourth-order valence-corrected chi connectivity index (χ4v) is 3.40. The number of esters is 1. The van der Waals surface area contributed by atoms with Gasteiger partial charge in [-0.05, 0) is 38.8 Å². The van der Waals surface area contributed by atoms with Crippen molar-refractivity contribution in [3.8, 4) is 0 Å². The largest absolute Gasteiger partial charge is 0.451 e. The van der Waals surface area contributed by atoms with Crippen LogP contribution in [0.2, 0.25) is 0 Å². The van der Waals surface area contributed by atoms with Crippen LogP contribution in [0.1, 0.15) is 26.7 Å². The van der Waals surface area contributed by atoms with Crippen LogP contribution in [0.4, 0.5) is 5.69 Å². The average molecular weight is 370 g/mol. The van der Waals surface area contributed by atoms with E-state index in [1.165, 1.54) is 13.8 Å². The number of fused-ring (bicyclic) bond motifs is 1. The number of para-hydroxylation sites is 1. The van der Waals surface area contributed by atoms with Crippen molar-refractivity contribution in [1.29, 1.82) is 0 Å². The third-order valence-electron chi connectivity index (χ3n) is 4.97. The lowest BCUT2D eigenvalue weighted by Crippen LogP contribution is -2.46. The van der Waals surface area contributed by atoms with E-state index in [1.807, 2.05) is 18.2 Å². The lowest BCUT2D eigenvalue weighted by Gasteiger charge is -2.23. The molecule has 0 saturated carbocycles. The van der Waals surface area contributed by atoms with Gasteiger partial charge in [-0.2, -0.15) is 0 Å². The Morgan fingerprint density at radius 2 is 1.59 bits per heavy atom. The highest BCUT2D eigenvalue weighted by Crippen LogP contribution is 2.36. The molecule has 7 heteroatoms. The maximum Gasteiger partial charge on any atom is 0.329 e. The number of nitrogens with one attached hydrogen (secondary N) is 1. The highest BCUT2D eigenvalue weighted by molar-refractivity contribution is 6.08. The van der Waals surface area contributed by atoms with Crippen LogP contribution in [0, 0.1) is 11.8 Å². The van der Waals surface area contributed by atoms with E-state index < -0.39 is 35.9 Å². The van der Waals surface area contributed by atoms with Crippen molar-refractivity contribution in [2.24, 2.45) is 11.8 Å². The number of amides is 3. The van der Waals surface area contributed by atoms with Gasteiger partial charge < -0.3 is 10.1 Å². The molecule has 1 aliphatic carbocycles. The minimum absolute atomic E-state index is 0.347. The molecule has 7 nitrogen and oxygen atoms in total. The van der Waals surface area contributed by atoms with Crippen LogP contribution in [-0.4, -0.2) is 40.7 Å². The normalized spacial score (nSPS) is 23.6. The van der Waals surface area contributed by atoms with Gasteiger partial charge in [-0.1, -0.05) is 30.4 Å². The number of allylic oxidation sites excluding steroid dienone is 2. The summed E-state index contributed by atoms with van der Waals surface area (Å²) < 4.78 is 5.20. The summed E-state index contributed by atoms with van der Waals surface area (Å²) in [6.07, 6.45) is 3.72. The van der Waals surface area contributed by atoms with Crippen molar-refractivity contribution >= 4 is 29.4 Å². The minimum atomic E-state index is -1.07. The summed E-state index contributed by atoms with van der Waals surface area (Å²) >= 11 is 0. The molecule has 1 aliphatic heterocycles. The van der Waals surface area contributed by atoms with E-state index in [9.17, 15) is 19.2 Å². The van der Waals surface area contributed by atoms with Gasteiger partial charge in [0.2, 0.25) is 11.8 Å². The second kappa shape index (κ2) is 7.73. The zero-order chi connectivity index (χ0) is 19.6. The third kappa shape index (κ3) is 3.77. The number of hydrogen-bond acceptors (Lipinski definition) is 5. The first kappa shape index (κ1) is 18.8. The van der Waals surface area contributed by atoms with Crippen LogP contribution in [0.25, 0.3) is 0 Å². The summed E-state index contributed by atoms with van der Waals surface area (Å²) in [6, 6.07) is 7.72. The number of carbonyl (C=O) groups excluding carboxylic acids is 4. The Bertz CT molecular complexity index is 763. The molecule has 1 aromatic rings. The van der Waals surface area contributed by atoms with Crippen LogP contribution >= 0.6 is 0 Å². The van der Waals surface area contributed by atoms with Crippen molar-refractivity contribution in [1.82, 2.24) is 4.90 Å². The van der Waals surface area contributed by atoms with Gasteiger partial charge in [0.05, 0.1) is 11.8 Å². The first-order valence-corrected chi connectivity index (χ1v) is 8.98. The van der Waals surface area contributed by atoms with Gasteiger partial charge >= 0.3 is 5.97 Å². The second-order valence-corrected chi connectivity index (χ2v) is 6.81. The van der Waals surface area contributed by atoms with E-state index in [2.05, 4.69) is 5.32 Å². The maximum absolute atomic E-state index is 12.5. The first-order valence-electron chi connectivity index (χ1n) is 8.98. The molecule has 1 aromatic carbocycles. The van der Waals surface area contributed by atoms with Gasteiger partial charge in [0, 0.05) is 5.69 Å². The van der Waals surface area contributed by atoms with Gasteiger partial charge in [0.25, 0.3) is 5.91 Å². The third-order valence-corrected chi connectivity index (χ3v) is 4.97. The highest BCUT2D eigenvalue weighted by Gasteiger charge is 2.50. The molecular weight excluding hydrogens is 348 g/mol. The van der Waals surface area contributed by atoms with E-state index in [0.29, 0.717) is 18.5 Å². The monoisotopic (exact) mass is 370 g/mol. The SMILES string of the molecule is CC(OC(=O)[C@H](C)N1C(=O)C2CC=CCC2C1=O)C(=O)Nc1ccccc1. The number of carbonyl (C=O) groups is 4. The molecule has 1 saturated heterocycles. The highest BCUT2D eigenvalue weighted by atomic mass is 16.5. The lowest BCUT2D eigenvalue weighted by atomic mass is 9.85. The van der Waals surface area contributed by atoms with Crippen molar-refractivity contribution in [2.75, 3.05) is 5.32 Å². The second-order valence-electron chi connectivity index (χ2n) is 6.81. The molecule has 1 N–H and O–H groups in total. The molecule has 1 fully saturated rings. The van der Waals surface area contributed by atoms with E-state index >= 15 is 0 Å². The molecule has 142 valence electrons. The molecule has 3 unspecified atom stereocenters. The quantitative estimate of drug-likeness (QED) is 0.485. The summed E-state index contributed by atoms with van der Waals surface area (Å²) in [5.41, 5.74) is 0.583. The molecule has 0 spiro atoms. The van der Waals surface area contributed by atoms with E-state index in [-0.39, 0.29) is 11.8 Å². The van der Waals surface area contributed by atoms with Crippen LogP contribution < -0.4 is 5.32 Å². The molecule has 2 aliphatic rings. The van der Waals surface area contributed by atoms with Crippen molar-refractivity contribution in [2.45, 2.75) is 38.8 Å². The van der Waals surface area contributed by atoms with Crippen LogP contribution in [-0.2, 0) is 23.9 Å². The van der Waals surface area contributed by atoms with Gasteiger partial charge in [0.15, 0.2) is 6.10 Å². The molecule has 4 atom stereocenters. The van der Waals surface area contributed by atoms with Crippen molar-refractivity contribution in [3.05, 3.63) is 42.5 Å². The smallest absolute Gasteiger partial charge is 0.329 e. The standard InChI is InChI=1S/C20H22N2O5/c1-12(22-18(24)15-10-6-7-11-16(15)19(22)25)20(26)27-13(2)17(23)21-14-8-4-3-5-9-14/h3-9,12-13,15-16H,10-11H2,1-2H3,(H,21,23)/t12-,13?,15?,16?/m0/s1. The molecule has 0 radical (unpaired) electrons.